The quantitative estimate of drug-likeness (QED) is 0.723. The Morgan fingerprint density at radius 1 is 1.39 bits per heavy atom. The number of hydrogen-bond acceptors (Lipinski definition) is 3. The Hall–Kier alpha value is -1.39. The van der Waals surface area contributed by atoms with Crippen LogP contribution >= 0.6 is 0 Å². The van der Waals surface area contributed by atoms with E-state index in [0.29, 0.717) is 12.2 Å². The van der Waals surface area contributed by atoms with Gasteiger partial charge >= 0.3 is 0 Å². The average Bonchev–Trinajstić information content (AvgIpc) is 2.36. The van der Waals surface area contributed by atoms with Crippen molar-refractivity contribution in [3.05, 3.63) is 29.8 Å². The number of nitrogens with two attached hydrogens (primary N) is 1. The molecule has 2 unspecified atom stereocenters. The van der Waals surface area contributed by atoms with Gasteiger partial charge in [0.1, 0.15) is 0 Å². The molecule has 1 amide bonds. The summed E-state index contributed by atoms with van der Waals surface area (Å²) in [5.41, 5.74) is 6.84. The summed E-state index contributed by atoms with van der Waals surface area (Å²) in [6.45, 7) is 4.17. The predicted octanol–water partition coefficient (Wildman–Crippen LogP) is 2.05. The molecule has 1 aromatic rings. The lowest BCUT2D eigenvalue weighted by Crippen LogP contribution is -2.22. The first-order valence-electron chi connectivity index (χ1n) is 6.34. The lowest BCUT2D eigenvalue weighted by Gasteiger charge is -2.16. The van der Waals surface area contributed by atoms with Crippen LogP contribution in [0, 0.1) is 5.92 Å². The summed E-state index contributed by atoms with van der Waals surface area (Å²) < 4.78 is 0. The highest BCUT2D eigenvalue weighted by molar-refractivity contribution is 5.93. The van der Waals surface area contributed by atoms with E-state index in [2.05, 4.69) is 5.32 Å². The van der Waals surface area contributed by atoms with Crippen molar-refractivity contribution in [3.63, 3.8) is 0 Å². The summed E-state index contributed by atoms with van der Waals surface area (Å²) in [6.07, 6.45) is 1.02. The molecule has 0 aliphatic carbocycles. The summed E-state index contributed by atoms with van der Waals surface area (Å²) in [6, 6.07) is 7.29. The Kier molecular flexibility index (Phi) is 5.82. The molecule has 4 N–H and O–H groups in total. The molecule has 0 saturated carbocycles. The molecule has 1 aromatic carbocycles. The first-order valence-corrected chi connectivity index (χ1v) is 6.34. The lowest BCUT2D eigenvalue weighted by molar-refractivity contribution is -0.119. The van der Waals surface area contributed by atoms with Crippen LogP contribution < -0.4 is 11.1 Å². The molecular formula is C14H22N2O2. The van der Waals surface area contributed by atoms with Gasteiger partial charge in [0.15, 0.2) is 0 Å². The van der Waals surface area contributed by atoms with Gasteiger partial charge in [-0.3, -0.25) is 4.79 Å². The Balaban J connectivity index is 2.69. The van der Waals surface area contributed by atoms with Crippen LogP contribution in [0.5, 0.6) is 0 Å². The van der Waals surface area contributed by atoms with Crippen molar-refractivity contribution in [2.75, 3.05) is 11.9 Å². The minimum atomic E-state index is -0.596. The molecule has 18 heavy (non-hydrogen) atoms. The highest BCUT2D eigenvalue weighted by Crippen LogP contribution is 2.23. The summed E-state index contributed by atoms with van der Waals surface area (Å²) >= 11 is 0. The van der Waals surface area contributed by atoms with E-state index in [9.17, 15) is 9.90 Å². The van der Waals surface area contributed by atoms with Gasteiger partial charge in [0.25, 0.3) is 0 Å². The number of benzene rings is 1. The van der Waals surface area contributed by atoms with Crippen LogP contribution in [0.4, 0.5) is 5.69 Å². The van der Waals surface area contributed by atoms with E-state index in [0.717, 1.165) is 18.4 Å². The van der Waals surface area contributed by atoms with Crippen molar-refractivity contribution in [1.82, 2.24) is 0 Å². The first-order chi connectivity index (χ1) is 8.56. The van der Waals surface area contributed by atoms with Crippen molar-refractivity contribution in [3.8, 4) is 0 Å². The van der Waals surface area contributed by atoms with E-state index in [-0.39, 0.29) is 11.8 Å². The van der Waals surface area contributed by atoms with Crippen molar-refractivity contribution in [1.29, 1.82) is 0 Å². The molecule has 0 saturated heterocycles. The zero-order valence-electron chi connectivity index (χ0n) is 11.0. The normalized spacial score (nSPS) is 14.0. The van der Waals surface area contributed by atoms with E-state index in [4.69, 9.17) is 5.73 Å². The Morgan fingerprint density at radius 2 is 2.06 bits per heavy atom. The molecule has 1 rings (SSSR count). The van der Waals surface area contributed by atoms with Gasteiger partial charge in [-0.05, 0) is 32.4 Å². The second-order valence-electron chi connectivity index (χ2n) is 4.58. The topological polar surface area (TPSA) is 75.4 Å². The molecule has 0 aromatic heterocycles. The number of carbonyl (C=O) groups is 1. The van der Waals surface area contributed by atoms with Crippen LogP contribution in [-0.4, -0.2) is 17.6 Å². The van der Waals surface area contributed by atoms with Crippen LogP contribution in [0.1, 0.15) is 38.4 Å². The smallest absolute Gasteiger partial charge is 0.227 e. The van der Waals surface area contributed by atoms with E-state index >= 15 is 0 Å². The fraction of sp³-hybridized carbons (Fsp3) is 0.500. The van der Waals surface area contributed by atoms with Crippen LogP contribution in [0.2, 0.25) is 0 Å². The van der Waals surface area contributed by atoms with Gasteiger partial charge < -0.3 is 16.2 Å². The van der Waals surface area contributed by atoms with Gasteiger partial charge in [-0.15, -0.1) is 0 Å². The number of rotatable bonds is 6. The van der Waals surface area contributed by atoms with Gasteiger partial charge in [0, 0.05) is 17.2 Å². The number of anilines is 1. The fourth-order valence-electron chi connectivity index (χ4n) is 1.79. The standard InChI is InChI=1S/C14H22N2O2/c1-10(6-5-9-15)14(18)16-13-8-4-3-7-12(13)11(2)17/h3-4,7-8,10-11,17H,5-6,9,15H2,1-2H3,(H,16,18). The Bertz CT molecular complexity index is 391. The molecule has 0 heterocycles. The van der Waals surface area contributed by atoms with Crippen molar-refractivity contribution < 1.29 is 9.90 Å². The van der Waals surface area contributed by atoms with E-state index in [1.54, 1.807) is 13.0 Å². The van der Waals surface area contributed by atoms with Crippen LogP contribution in [0.25, 0.3) is 0 Å². The number of hydrogen-bond donors (Lipinski definition) is 3. The highest BCUT2D eigenvalue weighted by atomic mass is 16.3. The van der Waals surface area contributed by atoms with Crippen molar-refractivity contribution in [2.45, 2.75) is 32.8 Å². The number of aliphatic hydroxyl groups excluding tert-OH is 1. The number of para-hydroxylation sites is 1. The van der Waals surface area contributed by atoms with Crippen LogP contribution in [0.3, 0.4) is 0 Å². The predicted molar refractivity (Wildman–Crippen MR) is 73.2 cm³/mol. The second kappa shape index (κ2) is 7.13. The first kappa shape index (κ1) is 14.7. The number of amides is 1. The molecule has 0 aliphatic heterocycles. The molecular weight excluding hydrogens is 228 g/mol. The summed E-state index contributed by atoms with van der Waals surface area (Å²) in [7, 11) is 0. The Labute approximate surface area is 108 Å². The minimum Gasteiger partial charge on any atom is -0.389 e. The summed E-state index contributed by atoms with van der Waals surface area (Å²) in [4.78, 5) is 12.0. The van der Waals surface area contributed by atoms with Gasteiger partial charge in [0.2, 0.25) is 5.91 Å². The maximum atomic E-state index is 12.0. The maximum Gasteiger partial charge on any atom is 0.227 e. The lowest BCUT2D eigenvalue weighted by atomic mass is 10.0. The highest BCUT2D eigenvalue weighted by Gasteiger charge is 2.15. The molecule has 0 aliphatic rings. The molecule has 2 atom stereocenters. The average molecular weight is 250 g/mol. The Morgan fingerprint density at radius 3 is 2.67 bits per heavy atom. The summed E-state index contributed by atoms with van der Waals surface area (Å²) in [5, 5.41) is 12.5. The van der Waals surface area contributed by atoms with Gasteiger partial charge in [-0.25, -0.2) is 0 Å². The van der Waals surface area contributed by atoms with Gasteiger partial charge in [0.05, 0.1) is 6.10 Å². The van der Waals surface area contributed by atoms with E-state index in [1.807, 2.05) is 25.1 Å². The number of carbonyl (C=O) groups excluding carboxylic acids is 1. The molecule has 0 spiro atoms. The number of nitrogens with one attached hydrogen (secondary N) is 1. The zero-order chi connectivity index (χ0) is 13.5. The molecule has 0 radical (unpaired) electrons. The maximum absolute atomic E-state index is 12.0. The molecule has 4 nitrogen and oxygen atoms in total. The van der Waals surface area contributed by atoms with Crippen LogP contribution in [-0.2, 0) is 4.79 Å². The van der Waals surface area contributed by atoms with Crippen molar-refractivity contribution in [2.24, 2.45) is 11.7 Å². The van der Waals surface area contributed by atoms with Crippen LogP contribution in [0.15, 0.2) is 24.3 Å². The summed E-state index contributed by atoms with van der Waals surface area (Å²) in [5.74, 6) is -0.104. The van der Waals surface area contributed by atoms with E-state index < -0.39 is 6.10 Å². The fourth-order valence-corrected chi connectivity index (χ4v) is 1.79. The molecule has 4 heteroatoms. The van der Waals surface area contributed by atoms with E-state index in [1.165, 1.54) is 0 Å². The van der Waals surface area contributed by atoms with Gasteiger partial charge in [-0.2, -0.15) is 0 Å². The number of aliphatic hydroxyl groups is 1. The third kappa shape index (κ3) is 4.13. The SMILES string of the molecule is CC(CCCN)C(=O)Nc1ccccc1C(C)O. The zero-order valence-corrected chi connectivity index (χ0v) is 11.0. The molecule has 0 fully saturated rings. The van der Waals surface area contributed by atoms with Gasteiger partial charge in [-0.1, -0.05) is 25.1 Å². The third-order valence-electron chi connectivity index (χ3n) is 2.96. The van der Waals surface area contributed by atoms with Crippen molar-refractivity contribution >= 4 is 11.6 Å². The molecule has 0 bridgehead atoms. The monoisotopic (exact) mass is 250 g/mol. The largest absolute Gasteiger partial charge is 0.389 e. The third-order valence-corrected chi connectivity index (χ3v) is 2.96. The second-order valence-corrected chi connectivity index (χ2v) is 4.58. The minimum absolute atomic E-state index is 0.0310. The molecule has 100 valence electrons.